The summed E-state index contributed by atoms with van der Waals surface area (Å²) >= 11 is 0. The minimum absolute atomic E-state index is 0. The van der Waals surface area contributed by atoms with E-state index in [1.807, 2.05) is 91.0 Å². The van der Waals surface area contributed by atoms with Gasteiger partial charge in [0.05, 0.1) is 0 Å². The smallest absolute Gasteiger partial charge is 0.281 e. The van der Waals surface area contributed by atoms with Crippen LogP contribution in [-0.4, -0.2) is 36.2 Å². The number of hydrogen-bond donors (Lipinski definition) is 1. The minimum atomic E-state index is -7.37. The topological polar surface area (TPSA) is 54.4 Å². The van der Waals surface area contributed by atoms with E-state index in [4.69, 9.17) is 4.55 Å². The van der Waals surface area contributed by atoms with Crippen molar-refractivity contribution in [2.75, 3.05) is 0 Å². The number of benzene rings is 3. The van der Waals surface area contributed by atoms with Gasteiger partial charge < -0.3 is 0 Å². The van der Waals surface area contributed by atoms with E-state index in [0.717, 1.165) is 0 Å². The van der Waals surface area contributed by atoms with Crippen LogP contribution in [0.1, 0.15) is 0 Å². The molecule has 1 N–H and O–H groups in total. The largest absolute Gasteiger partial charge is 3.00 e. The van der Waals surface area contributed by atoms with Gasteiger partial charge in [-0.3, -0.25) is 4.55 Å². The molecule has 0 bridgehead atoms. The van der Waals surface area contributed by atoms with Gasteiger partial charge in [-0.15, -0.1) is 0 Å². The predicted molar refractivity (Wildman–Crippen MR) is 108 cm³/mol. The SMILES string of the molecule is O=S(=O)(O)C(F)(F)C(F)(F)C(F)(F)C(F)(F)F.[Ni+3].[c-]1ccccc1.[c-]1ccccc1.[c-]1ccccc1. The van der Waals surface area contributed by atoms with E-state index in [1.54, 1.807) is 0 Å². The molecule has 0 atom stereocenters. The quantitative estimate of drug-likeness (QED) is 0.159. The molecule has 0 aliphatic heterocycles. The van der Waals surface area contributed by atoms with Gasteiger partial charge in [0, 0.05) is 0 Å². The molecule has 3 aromatic rings. The van der Waals surface area contributed by atoms with Crippen LogP contribution in [0.25, 0.3) is 0 Å². The van der Waals surface area contributed by atoms with Crippen molar-refractivity contribution in [3.8, 4) is 0 Å². The molecule has 0 aromatic heterocycles. The fourth-order valence-corrected chi connectivity index (χ4v) is 2.00. The molecule has 3 rings (SSSR count). The maximum absolute atomic E-state index is 12.2. The van der Waals surface area contributed by atoms with Gasteiger partial charge in [-0.1, -0.05) is 0 Å². The van der Waals surface area contributed by atoms with Crippen molar-refractivity contribution in [3.05, 3.63) is 109 Å². The first kappa shape index (κ1) is 35.6. The van der Waals surface area contributed by atoms with Crippen molar-refractivity contribution < 1.29 is 69.0 Å². The summed E-state index contributed by atoms with van der Waals surface area (Å²) in [6, 6.07) is 37.5. The first-order chi connectivity index (χ1) is 16.0. The minimum Gasteiger partial charge on any atom is -0.281 e. The monoisotopic (exact) mass is 589 g/mol. The fourth-order valence-electron chi connectivity index (χ4n) is 1.55. The second kappa shape index (κ2) is 15.5. The Morgan fingerprint density at radius 2 is 0.750 bits per heavy atom. The van der Waals surface area contributed by atoms with Crippen molar-refractivity contribution in [1.29, 1.82) is 0 Å². The Kier molecular flexibility index (Phi) is 15.4. The zero-order valence-electron chi connectivity index (χ0n) is 17.6. The van der Waals surface area contributed by atoms with Crippen molar-refractivity contribution in [1.82, 2.24) is 0 Å². The average molecular weight is 590 g/mol. The fraction of sp³-hybridized carbons (Fsp3) is 0.182. The van der Waals surface area contributed by atoms with E-state index in [2.05, 4.69) is 18.2 Å². The number of rotatable bonds is 3. The van der Waals surface area contributed by atoms with Crippen molar-refractivity contribution >= 4 is 10.1 Å². The Hall–Kier alpha value is -2.57. The molecule has 1 radical (unpaired) electrons. The third kappa shape index (κ3) is 11.0. The summed E-state index contributed by atoms with van der Waals surface area (Å²) in [6.07, 6.45) is -7.13. The van der Waals surface area contributed by atoms with E-state index in [9.17, 15) is 47.9 Å². The summed E-state index contributed by atoms with van der Waals surface area (Å²) in [5.41, 5.74) is 0. The van der Waals surface area contributed by atoms with Crippen LogP contribution in [0, 0.1) is 18.2 Å². The van der Waals surface area contributed by atoms with Gasteiger partial charge in [0.25, 0.3) is 0 Å². The van der Waals surface area contributed by atoms with Gasteiger partial charge in [-0.25, -0.2) is 0 Å². The zero-order chi connectivity index (χ0) is 27.2. The molecule has 0 heterocycles. The molecule has 0 saturated heterocycles. The molecule has 0 saturated carbocycles. The summed E-state index contributed by atoms with van der Waals surface area (Å²) in [7, 11) is -7.17. The first-order valence-electron chi connectivity index (χ1n) is 8.90. The van der Waals surface area contributed by atoms with Gasteiger partial charge in [0.1, 0.15) is 0 Å². The number of hydrogen-bond acceptors (Lipinski definition) is 2. The Balaban J connectivity index is 0. The Morgan fingerprint density at radius 3 is 0.861 bits per heavy atom. The van der Waals surface area contributed by atoms with Crippen LogP contribution in [-0.2, 0) is 26.6 Å². The molecule has 0 aliphatic carbocycles. The number of halogens is 9. The zero-order valence-corrected chi connectivity index (χ0v) is 19.4. The van der Waals surface area contributed by atoms with Gasteiger partial charge in [-0.05, 0) is 0 Å². The molecule has 0 spiro atoms. The van der Waals surface area contributed by atoms with Gasteiger partial charge in [-0.2, -0.15) is 157 Å². The van der Waals surface area contributed by atoms with E-state index in [-0.39, 0.29) is 16.5 Å². The number of alkyl halides is 9. The Bertz CT molecular complexity index is 882. The van der Waals surface area contributed by atoms with Crippen LogP contribution in [0.4, 0.5) is 39.5 Å². The molecular weight excluding hydrogens is 574 g/mol. The first-order valence-corrected chi connectivity index (χ1v) is 10.3. The van der Waals surface area contributed by atoms with Crippen LogP contribution in [0.5, 0.6) is 0 Å². The molecule has 0 unspecified atom stereocenters. The summed E-state index contributed by atoms with van der Waals surface area (Å²) in [4.78, 5) is 0. The molecule has 3 aromatic carbocycles. The third-order valence-corrected chi connectivity index (χ3v) is 4.17. The van der Waals surface area contributed by atoms with Crippen LogP contribution < -0.4 is 0 Å². The summed E-state index contributed by atoms with van der Waals surface area (Å²) < 4.78 is 134. The molecule has 0 aliphatic rings. The molecular formula is C22H16F9NiO3S. The maximum Gasteiger partial charge on any atom is 3.00 e. The second-order valence-corrected chi connectivity index (χ2v) is 7.33. The standard InChI is InChI=1S/3C6H5.C4HF9O3S.Ni/c3*1-2-4-6-5-3-1;5-1(6,3(9,10)11)2(7,8)4(12,13)17(14,15)16;/h3*1-5H;(H,14,15,16);/q3*-1;;+3. The van der Waals surface area contributed by atoms with E-state index in [1.165, 1.54) is 0 Å². The Morgan fingerprint density at radius 1 is 0.500 bits per heavy atom. The van der Waals surface area contributed by atoms with Crippen molar-refractivity contribution in [3.63, 3.8) is 0 Å². The molecule has 3 nitrogen and oxygen atoms in total. The summed E-state index contributed by atoms with van der Waals surface area (Å²) in [5.74, 6) is -14.7. The molecule has 0 amide bonds. The van der Waals surface area contributed by atoms with Crippen molar-refractivity contribution in [2.24, 2.45) is 0 Å². The molecule has 201 valence electrons. The van der Waals surface area contributed by atoms with E-state index in [0.29, 0.717) is 0 Å². The third-order valence-electron chi connectivity index (χ3n) is 3.26. The normalized spacial score (nSPS) is 11.6. The van der Waals surface area contributed by atoms with Gasteiger partial charge in [0.15, 0.2) is 0 Å². The van der Waals surface area contributed by atoms with Crippen LogP contribution >= 0.6 is 0 Å². The van der Waals surface area contributed by atoms with Crippen LogP contribution in [0.15, 0.2) is 91.0 Å². The molecule has 36 heavy (non-hydrogen) atoms. The van der Waals surface area contributed by atoms with E-state index < -0.39 is 33.4 Å². The maximum atomic E-state index is 12.2. The van der Waals surface area contributed by atoms with Gasteiger partial charge in [0.2, 0.25) is 0 Å². The second-order valence-electron chi connectivity index (χ2n) is 5.87. The van der Waals surface area contributed by atoms with Crippen LogP contribution in [0.3, 0.4) is 0 Å². The van der Waals surface area contributed by atoms with Crippen molar-refractivity contribution in [2.45, 2.75) is 23.3 Å². The van der Waals surface area contributed by atoms with E-state index >= 15 is 0 Å². The van der Waals surface area contributed by atoms with Gasteiger partial charge >= 0.3 is 49.9 Å². The Labute approximate surface area is 211 Å². The average Bonchev–Trinajstić information content (AvgIpc) is 2.82. The molecule has 0 fully saturated rings. The summed E-state index contributed by atoms with van der Waals surface area (Å²) in [5, 5.41) is -7.00. The predicted octanol–water partition coefficient (Wildman–Crippen LogP) is 6.76. The molecule has 14 heteroatoms. The van der Waals surface area contributed by atoms with Crippen LogP contribution in [0.2, 0.25) is 0 Å². The summed E-state index contributed by atoms with van der Waals surface area (Å²) in [6.45, 7) is 0.